The van der Waals surface area contributed by atoms with E-state index in [0.29, 0.717) is 18.4 Å². The molecule has 0 heterocycles. The molecule has 9 atom stereocenters. The van der Waals surface area contributed by atoms with Gasteiger partial charge in [0.05, 0.1) is 31.4 Å². The fourth-order valence-corrected chi connectivity index (χ4v) is 6.24. The minimum Gasteiger partial charge on any atom is -0.480 e. The Morgan fingerprint density at radius 2 is 1.04 bits per heavy atom. The molecular weight excluding hydrogens is 881 g/mol. The van der Waals surface area contributed by atoms with Gasteiger partial charge in [0.15, 0.2) is 6.04 Å². The number of primary amides is 1. The molecule has 0 fully saturated rings. The number of aliphatic hydroxyl groups is 3. The van der Waals surface area contributed by atoms with Crippen LogP contribution in [-0.4, -0.2) is 154 Å². The Balaban J connectivity index is 2.05. The molecular formula is C43H62N10O14. The lowest BCUT2D eigenvalue weighted by Crippen LogP contribution is -2.60. The second-order valence-corrected chi connectivity index (χ2v) is 15.6. The Morgan fingerprint density at radius 1 is 0.552 bits per heavy atom. The third-order valence-electron chi connectivity index (χ3n) is 9.94. The van der Waals surface area contributed by atoms with Crippen molar-refractivity contribution < 1.29 is 68.4 Å². The number of amides is 9. The highest BCUT2D eigenvalue weighted by Gasteiger charge is 2.33. The zero-order valence-corrected chi connectivity index (χ0v) is 37.6. The third-order valence-corrected chi connectivity index (χ3v) is 9.94. The zero-order chi connectivity index (χ0) is 50.4. The van der Waals surface area contributed by atoms with E-state index < -0.39 is 133 Å². The van der Waals surface area contributed by atoms with Gasteiger partial charge in [0.2, 0.25) is 47.3 Å². The van der Waals surface area contributed by atoms with Crippen molar-refractivity contribution in [3.8, 4) is 11.1 Å². The second-order valence-electron chi connectivity index (χ2n) is 15.6. The summed E-state index contributed by atoms with van der Waals surface area (Å²) < 4.78 is 0. The molecule has 2 aromatic carbocycles. The molecule has 2 aromatic rings. The van der Waals surface area contributed by atoms with Crippen molar-refractivity contribution in [1.82, 2.24) is 42.5 Å². The van der Waals surface area contributed by atoms with Crippen molar-refractivity contribution in [3.05, 3.63) is 60.2 Å². The van der Waals surface area contributed by atoms with E-state index in [1.165, 1.54) is 6.92 Å². The Hall–Kier alpha value is -7.02. The van der Waals surface area contributed by atoms with Gasteiger partial charge in [-0.2, -0.15) is 0 Å². The van der Waals surface area contributed by atoms with Gasteiger partial charge in [-0.25, -0.2) is 4.79 Å². The van der Waals surface area contributed by atoms with E-state index in [4.69, 9.17) is 11.5 Å². The summed E-state index contributed by atoms with van der Waals surface area (Å²) >= 11 is 0. The van der Waals surface area contributed by atoms with Crippen LogP contribution >= 0.6 is 0 Å². The number of carboxylic acid groups (broad SMARTS) is 1. The van der Waals surface area contributed by atoms with Crippen LogP contribution in [0.1, 0.15) is 70.2 Å². The summed E-state index contributed by atoms with van der Waals surface area (Å²) in [6, 6.07) is 6.56. The van der Waals surface area contributed by atoms with Gasteiger partial charge < -0.3 is 74.4 Å². The molecule has 24 nitrogen and oxygen atoms in total. The third kappa shape index (κ3) is 19.2. The molecule has 67 heavy (non-hydrogen) atoms. The maximum Gasteiger partial charge on any atom is 0.328 e. The van der Waals surface area contributed by atoms with E-state index in [2.05, 4.69) is 42.5 Å². The summed E-state index contributed by atoms with van der Waals surface area (Å²) in [5.41, 5.74) is 12.4. The predicted octanol–water partition coefficient (Wildman–Crippen LogP) is -4.25. The summed E-state index contributed by atoms with van der Waals surface area (Å²) in [5, 5.41) is 58.0. The number of nitrogens with one attached hydrogen (secondary N) is 8. The number of carbonyl (C=O) groups excluding carboxylic acids is 9. The monoisotopic (exact) mass is 942 g/mol. The highest BCUT2D eigenvalue weighted by molar-refractivity contribution is 6.03. The molecule has 0 bridgehead atoms. The maximum absolute atomic E-state index is 13.5. The van der Waals surface area contributed by atoms with Crippen molar-refractivity contribution in [2.75, 3.05) is 19.6 Å². The summed E-state index contributed by atoms with van der Waals surface area (Å²) in [4.78, 5) is 128. The number of rotatable bonds is 28. The topological polar surface area (TPSA) is 400 Å². The molecule has 0 radical (unpaired) electrons. The van der Waals surface area contributed by atoms with Gasteiger partial charge in [-0.3, -0.25) is 43.2 Å². The molecule has 0 spiro atoms. The molecule has 0 aliphatic carbocycles. The molecule has 0 saturated carbocycles. The first-order valence-electron chi connectivity index (χ1n) is 21.3. The number of nitrogens with two attached hydrogens (primary N) is 2. The van der Waals surface area contributed by atoms with Crippen LogP contribution in [0.15, 0.2) is 54.6 Å². The molecule has 0 aliphatic heterocycles. The Kier molecular flexibility index (Phi) is 23.5. The molecule has 0 saturated heterocycles. The largest absolute Gasteiger partial charge is 0.480 e. The summed E-state index contributed by atoms with van der Waals surface area (Å²) in [6.45, 7) is 3.38. The van der Waals surface area contributed by atoms with Crippen LogP contribution < -0.4 is 54.0 Å². The molecule has 0 unspecified atom stereocenters. The van der Waals surface area contributed by atoms with Gasteiger partial charge in [-0.1, -0.05) is 48.5 Å². The van der Waals surface area contributed by atoms with Crippen molar-refractivity contribution in [1.29, 1.82) is 0 Å². The molecule has 16 N–H and O–H groups in total. The maximum atomic E-state index is 13.5. The van der Waals surface area contributed by atoms with E-state index in [1.54, 1.807) is 36.4 Å². The zero-order valence-electron chi connectivity index (χ0n) is 37.6. The highest BCUT2D eigenvalue weighted by Crippen LogP contribution is 2.23. The standard InChI is InChI=1S/C43H62N10O14/c1-22(48-38(61)28-15-9-8-14-27(28)26-12-6-5-7-13-26)37(60)50-30(17-18-31(45)57)40(63)52-35(24(3)55)42(65)47-21-33(59)51-34(23(2)54)41(64)46-20-32(58)49-29(16-10-11-19-44)39(62)53-36(25(4)56)43(66)67/h5-9,12-15,22-25,29-30,34-36,54-56H,10-11,16-21,44H2,1-4H3,(H2,45,57)(H,46,64)(H,47,65)(H,48,61)(H,49,58)(H,50,60)(H,51,59)(H,52,63)(H,53,62)(H,66,67)/t22-,23+,24+,25+,29-,30-,34-,35-,36-/m0/s1. The van der Waals surface area contributed by atoms with E-state index in [-0.39, 0.29) is 24.9 Å². The first-order chi connectivity index (χ1) is 31.6. The first-order valence-corrected chi connectivity index (χ1v) is 21.3. The van der Waals surface area contributed by atoms with E-state index in [0.717, 1.165) is 26.3 Å². The molecule has 9 amide bonds. The van der Waals surface area contributed by atoms with Crippen molar-refractivity contribution in [2.45, 2.75) is 114 Å². The second kappa shape index (κ2) is 28.1. The lowest BCUT2D eigenvalue weighted by atomic mass is 9.99. The molecule has 24 heteroatoms. The van der Waals surface area contributed by atoms with Gasteiger partial charge >= 0.3 is 5.97 Å². The van der Waals surface area contributed by atoms with Crippen molar-refractivity contribution >= 4 is 59.1 Å². The number of hydrogen-bond acceptors (Lipinski definition) is 14. The summed E-state index contributed by atoms with van der Waals surface area (Å²) in [6.07, 6.45) is -4.58. The van der Waals surface area contributed by atoms with Crippen LogP contribution in [0, 0.1) is 0 Å². The first kappa shape index (κ1) is 56.1. The number of aliphatic carboxylic acids is 1. The van der Waals surface area contributed by atoms with E-state index in [9.17, 15) is 68.4 Å². The molecule has 368 valence electrons. The number of unbranched alkanes of at least 4 members (excludes halogenated alkanes) is 1. The average molecular weight is 943 g/mol. The number of aliphatic hydroxyl groups excluding tert-OH is 3. The lowest BCUT2D eigenvalue weighted by Gasteiger charge is -2.26. The number of carbonyl (C=O) groups is 10. The van der Waals surface area contributed by atoms with E-state index >= 15 is 0 Å². The Labute approximate surface area is 386 Å². The van der Waals surface area contributed by atoms with Gasteiger partial charge in [-0.05, 0) is 77.1 Å². The quantitative estimate of drug-likeness (QED) is 0.0360. The van der Waals surface area contributed by atoms with Crippen LogP contribution in [0.25, 0.3) is 11.1 Å². The molecule has 2 rings (SSSR count). The van der Waals surface area contributed by atoms with Gasteiger partial charge in [0, 0.05) is 12.0 Å². The fourth-order valence-electron chi connectivity index (χ4n) is 6.24. The van der Waals surface area contributed by atoms with Crippen molar-refractivity contribution in [3.63, 3.8) is 0 Å². The predicted molar refractivity (Wildman–Crippen MR) is 238 cm³/mol. The van der Waals surface area contributed by atoms with Crippen LogP contribution in [0.5, 0.6) is 0 Å². The molecule has 0 aliphatic rings. The number of hydrogen-bond donors (Lipinski definition) is 14. The minimum atomic E-state index is -1.75. The smallest absolute Gasteiger partial charge is 0.328 e. The van der Waals surface area contributed by atoms with Crippen LogP contribution in [0.4, 0.5) is 0 Å². The summed E-state index contributed by atoms with van der Waals surface area (Å²) in [7, 11) is 0. The van der Waals surface area contributed by atoms with Gasteiger partial charge in [-0.15, -0.1) is 0 Å². The average Bonchev–Trinajstić information content (AvgIpc) is 3.27. The Bertz CT molecular complexity index is 2050. The van der Waals surface area contributed by atoms with E-state index in [1.807, 2.05) is 18.2 Å². The number of benzene rings is 2. The van der Waals surface area contributed by atoms with Gasteiger partial charge in [0.25, 0.3) is 5.91 Å². The molecule has 0 aromatic heterocycles. The Morgan fingerprint density at radius 3 is 1.57 bits per heavy atom. The van der Waals surface area contributed by atoms with Crippen LogP contribution in [-0.2, 0) is 43.2 Å². The van der Waals surface area contributed by atoms with Crippen LogP contribution in [0.2, 0.25) is 0 Å². The van der Waals surface area contributed by atoms with Crippen molar-refractivity contribution in [2.24, 2.45) is 11.5 Å². The summed E-state index contributed by atoms with van der Waals surface area (Å²) in [5.74, 6) is -9.93. The van der Waals surface area contributed by atoms with Gasteiger partial charge in [0.1, 0.15) is 30.2 Å². The fraction of sp³-hybridized carbons (Fsp3) is 0.488. The highest BCUT2D eigenvalue weighted by atomic mass is 16.4. The van der Waals surface area contributed by atoms with Crippen LogP contribution in [0.3, 0.4) is 0 Å². The lowest BCUT2D eigenvalue weighted by molar-refractivity contribution is -0.145. The number of carboxylic acids is 1. The minimum absolute atomic E-state index is 0.0194. The SMILES string of the molecule is C[C@H](NC(=O)c1ccccc1-c1ccccc1)C(=O)N[C@@H](CCC(N)=O)C(=O)N[C@H](C(=O)NCC(=O)N[C@H](C(=O)NCC(=O)N[C@@H](CCCCN)C(=O)N[C@H](C(=O)O)[C@@H](C)O)[C@@H](C)O)[C@@H](C)O. The normalized spacial score (nSPS) is 14.9.